The molecule has 0 saturated carbocycles. The summed E-state index contributed by atoms with van der Waals surface area (Å²) in [5, 5.41) is 2.79. The standard InChI is InChI=1S/C16H18N4O3/c17-14-7-6-11(10-18-14)19-15(21)12-4-1-2-8-20(12)16(22)13-5-3-9-23-13/h3,5-7,9-10,12H,1-2,4,8H2,(H2,17,18)(H,19,21). The van der Waals surface area contributed by atoms with Gasteiger partial charge in [-0.25, -0.2) is 4.98 Å². The average molecular weight is 314 g/mol. The molecular weight excluding hydrogens is 296 g/mol. The molecule has 1 atom stereocenters. The number of nitrogen functional groups attached to an aromatic ring is 1. The van der Waals surface area contributed by atoms with Gasteiger partial charge in [-0.05, 0) is 43.5 Å². The molecular formula is C16H18N4O3. The topological polar surface area (TPSA) is 101 Å². The van der Waals surface area contributed by atoms with Crippen LogP contribution in [-0.2, 0) is 4.79 Å². The van der Waals surface area contributed by atoms with E-state index in [0.717, 1.165) is 12.8 Å². The van der Waals surface area contributed by atoms with E-state index in [-0.39, 0.29) is 17.6 Å². The lowest BCUT2D eigenvalue weighted by atomic mass is 10.0. The molecule has 23 heavy (non-hydrogen) atoms. The number of hydrogen-bond donors (Lipinski definition) is 2. The Balaban J connectivity index is 1.74. The van der Waals surface area contributed by atoms with E-state index in [2.05, 4.69) is 10.3 Å². The van der Waals surface area contributed by atoms with Gasteiger partial charge in [-0.15, -0.1) is 0 Å². The maximum atomic E-state index is 12.5. The predicted octanol–water partition coefficient (Wildman–Crippen LogP) is 1.89. The summed E-state index contributed by atoms with van der Waals surface area (Å²) < 4.78 is 5.16. The smallest absolute Gasteiger partial charge is 0.290 e. The molecule has 7 heteroatoms. The molecule has 1 fully saturated rings. The maximum absolute atomic E-state index is 12.5. The number of hydrogen-bond acceptors (Lipinski definition) is 5. The zero-order valence-corrected chi connectivity index (χ0v) is 12.6. The van der Waals surface area contributed by atoms with Crippen molar-refractivity contribution in [3.05, 3.63) is 42.5 Å². The summed E-state index contributed by atoms with van der Waals surface area (Å²) in [6, 6.07) is 6.05. The number of aromatic nitrogens is 1. The number of furan rings is 1. The Kier molecular flexibility index (Phi) is 4.27. The van der Waals surface area contributed by atoms with Crippen LogP contribution in [0.4, 0.5) is 11.5 Å². The van der Waals surface area contributed by atoms with Crippen LogP contribution in [0.1, 0.15) is 29.8 Å². The molecule has 0 radical (unpaired) electrons. The first-order chi connectivity index (χ1) is 11.1. The van der Waals surface area contributed by atoms with E-state index in [4.69, 9.17) is 10.2 Å². The van der Waals surface area contributed by atoms with E-state index in [0.29, 0.717) is 24.5 Å². The molecule has 0 spiro atoms. The quantitative estimate of drug-likeness (QED) is 0.901. The molecule has 1 saturated heterocycles. The van der Waals surface area contributed by atoms with Crippen LogP contribution in [0.2, 0.25) is 0 Å². The first-order valence-corrected chi connectivity index (χ1v) is 7.52. The van der Waals surface area contributed by atoms with Crippen molar-refractivity contribution >= 4 is 23.3 Å². The third-order valence-corrected chi connectivity index (χ3v) is 3.85. The number of nitrogens with one attached hydrogen (secondary N) is 1. The lowest BCUT2D eigenvalue weighted by Crippen LogP contribution is -2.49. The molecule has 2 aromatic heterocycles. The molecule has 1 aliphatic heterocycles. The Hall–Kier alpha value is -2.83. The lowest BCUT2D eigenvalue weighted by molar-refractivity contribution is -0.121. The van der Waals surface area contributed by atoms with Crippen LogP contribution in [0.15, 0.2) is 41.1 Å². The largest absolute Gasteiger partial charge is 0.459 e. The van der Waals surface area contributed by atoms with Crippen molar-refractivity contribution in [3.63, 3.8) is 0 Å². The van der Waals surface area contributed by atoms with E-state index in [1.165, 1.54) is 12.5 Å². The summed E-state index contributed by atoms with van der Waals surface area (Å²) in [6.45, 7) is 0.539. The van der Waals surface area contributed by atoms with E-state index < -0.39 is 6.04 Å². The predicted molar refractivity (Wildman–Crippen MR) is 84.7 cm³/mol. The van der Waals surface area contributed by atoms with Gasteiger partial charge in [-0.1, -0.05) is 0 Å². The fourth-order valence-electron chi connectivity index (χ4n) is 2.69. The minimum absolute atomic E-state index is 0.226. The number of carbonyl (C=O) groups excluding carboxylic acids is 2. The van der Waals surface area contributed by atoms with Crippen LogP contribution in [-0.4, -0.2) is 34.3 Å². The van der Waals surface area contributed by atoms with E-state index in [9.17, 15) is 9.59 Å². The highest BCUT2D eigenvalue weighted by molar-refractivity contribution is 6.00. The van der Waals surface area contributed by atoms with Crippen molar-refractivity contribution in [1.29, 1.82) is 0 Å². The van der Waals surface area contributed by atoms with Crippen molar-refractivity contribution in [3.8, 4) is 0 Å². The number of pyridine rings is 1. The summed E-state index contributed by atoms with van der Waals surface area (Å²) in [4.78, 5) is 30.5. The number of piperidine rings is 1. The van der Waals surface area contributed by atoms with Gasteiger partial charge in [0.15, 0.2) is 5.76 Å². The first kappa shape index (κ1) is 15.1. The van der Waals surface area contributed by atoms with Gasteiger partial charge in [-0.3, -0.25) is 9.59 Å². The van der Waals surface area contributed by atoms with Gasteiger partial charge in [0.2, 0.25) is 5.91 Å². The van der Waals surface area contributed by atoms with Crippen molar-refractivity contribution < 1.29 is 14.0 Å². The molecule has 120 valence electrons. The van der Waals surface area contributed by atoms with Crippen LogP contribution < -0.4 is 11.1 Å². The molecule has 1 unspecified atom stereocenters. The molecule has 0 bridgehead atoms. The highest BCUT2D eigenvalue weighted by Crippen LogP contribution is 2.21. The first-order valence-electron chi connectivity index (χ1n) is 7.52. The molecule has 1 aliphatic rings. The number of nitrogens with zero attached hydrogens (tertiary/aromatic N) is 2. The summed E-state index contributed by atoms with van der Waals surface area (Å²) in [5.41, 5.74) is 6.08. The van der Waals surface area contributed by atoms with Gasteiger partial charge in [0.25, 0.3) is 5.91 Å². The van der Waals surface area contributed by atoms with Gasteiger partial charge in [0.1, 0.15) is 11.9 Å². The zero-order valence-electron chi connectivity index (χ0n) is 12.6. The van der Waals surface area contributed by atoms with Gasteiger partial charge < -0.3 is 20.4 Å². The second-order valence-corrected chi connectivity index (χ2v) is 5.45. The Morgan fingerprint density at radius 2 is 2.17 bits per heavy atom. The molecule has 0 aromatic carbocycles. The number of likely N-dealkylation sites (tertiary alicyclic amines) is 1. The highest BCUT2D eigenvalue weighted by atomic mass is 16.3. The number of amides is 2. The second-order valence-electron chi connectivity index (χ2n) is 5.45. The molecule has 2 aromatic rings. The summed E-state index contributed by atoms with van der Waals surface area (Å²) in [6.07, 6.45) is 5.35. The van der Waals surface area contributed by atoms with Crippen molar-refractivity contribution in [2.24, 2.45) is 0 Å². The third-order valence-electron chi connectivity index (χ3n) is 3.85. The SMILES string of the molecule is Nc1ccc(NC(=O)C2CCCCN2C(=O)c2ccco2)cn1. The number of anilines is 2. The molecule has 0 aliphatic carbocycles. The van der Waals surface area contributed by atoms with Crippen molar-refractivity contribution in [2.75, 3.05) is 17.6 Å². The third kappa shape index (κ3) is 3.33. The fourth-order valence-corrected chi connectivity index (χ4v) is 2.69. The van der Waals surface area contributed by atoms with Crippen LogP contribution in [0.5, 0.6) is 0 Å². The van der Waals surface area contributed by atoms with Crippen LogP contribution >= 0.6 is 0 Å². The number of nitrogens with two attached hydrogens (primary N) is 1. The Morgan fingerprint density at radius 1 is 1.30 bits per heavy atom. The Morgan fingerprint density at radius 3 is 2.87 bits per heavy atom. The summed E-state index contributed by atoms with van der Waals surface area (Å²) >= 11 is 0. The van der Waals surface area contributed by atoms with Gasteiger partial charge in [-0.2, -0.15) is 0 Å². The lowest BCUT2D eigenvalue weighted by Gasteiger charge is -2.34. The fraction of sp³-hybridized carbons (Fsp3) is 0.312. The Bertz CT molecular complexity index is 682. The molecule has 7 nitrogen and oxygen atoms in total. The normalized spacial score (nSPS) is 17.7. The maximum Gasteiger partial charge on any atom is 0.290 e. The van der Waals surface area contributed by atoms with Crippen LogP contribution in [0.3, 0.4) is 0 Å². The molecule has 3 heterocycles. The minimum atomic E-state index is -0.515. The van der Waals surface area contributed by atoms with Gasteiger partial charge >= 0.3 is 0 Å². The number of carbonyl (C=O) groups is 2. The van der Waals surface area contributed by atoms with Gasteiger partial charge in [0.05, 0.1) is 18.1 Å². The minimum Gasteiger partial charge on any atom is -0.459 e. The zero-order chi connectivity index (χ0) is 16.2. The highest BCUT2D eigenvalue weighted by Gasteiger charge is 2.33. The Labute approximate surface area is 133 Å². The average Bonchev–Trinajstić information content (AvgIpc) is 3.11. The molecule has 2 amide bonds. The van der Waals surface area contributed by atoms with Crippen LogP contribution in [0.25, 0.3) is 0 Å². The number of rotatable bonds is 3. The second kappa shape index (κ2) is 6.51. The van der Waals surface area contributed by atoms with E-state index in [1.54, 1.807) is 29.2 Å². The van der Waals surface area contributed by atoms with Crippen molar-refractivity contribution in [1.82, 2.24) is 9.88 Å². The van der Waals surface area contributed by atoms with Crippen molar-refractivity contribution in [2.45, 2.75) is 25.3 Å². The molecule has 3 N–H and O–H groups in total. The van der Waals surface area contributed by atoms with E-state index >= 15 is 0 Å². The molecule has 3 rings (SSSR count). The monoisotopic (exact) mass is 314 g/mol. The summed E-state index contributed by atoms with van der Waals surface area (Å²) in [5.74, 6) is 0.149. The van der Waals surface area contributed by atoms with Crippen LogP contribution in [0, 0.1) is 0 Å². The van der Waals surface area contributed by atoms with Gasteiger partial charge in [0, 0.05) is 6.54 Å². The summed E-state index contributed by atoms with van der Waals surface area (Å²) in [7, 11) is 0. The van der Waals surface area contributed by atoms with E-state index in [1.807, 2.05) is 0 Å².